The molecule has 1 aliphatic heterocycles. The van der Waals surface area contributed by atoms with Crippen molar-refractivity contribution in [3.63, 3.8) is 0 Å². The van der Waals surface area contributed by atoms with Gasteiger partial charge in [-0.3, -0.25) is 4.84 Å². The van der Waals surface area contributed by atoms with Crippen LogP contribution in [0.4, 0.5) is 6.01 Å². The highest BCUT2D eigenvalue weighted by Crippen LogP contribution is 2.26. The van der Waals surface area contributed by atoms with Gasteiger partial charge in [0.2, 0.25) is 0 Å². The van der Waals surface area contributed by atoms with Gasteiger partial charge in [0.05, 0.1) is 5.69 Å². The first-order valence-corrected chi connectivity index (χ1v) is 4.67. The van der Waals surface area contributed by atoms with E-state index in [2.05, 4.69) is 4.98 Å². The van der Waals surface area contributed by atoms with E-state index in [4.69, 9.17) is 9.25 Å². The normalized spacial score (nSPS) is 21.6. The first kappa shape index (κ1) is 9.27. The molecule has 4 nitrogen and oxygen atoms in total. The Morgan fingerprint density at radius 1 is 1.36 bits per heavy atom. The Kier molecular flexibility index (Phi) is 2.07. The van der Waals surface area contributed by atoms with Crippen molar-refractivity contribution in [3.8, 4) is 0 Å². The smallest absolute Gasteiger partial charge is 0.327 e. The summed E-state index contributed by atoms with van der Waals surface area (Å²) >= 11 is 0. The van der Waals surface area contributed by atoms with Crippen LogP contribution in [0.1, 0.15) is 25.3 Å². The molecule has 0 radical (unpaired) electrons. The number of aromatic nitrogens is 1. The Morgan fingerprint density at radius 3 is 2.50 bits per heavy atom. The molecule has 0 saturated carbocycles. The Bertz CT molecular complexity index is 362. The van der Waals surface area contributed by atoms with Gasteiger partial charge in [-0.2, -0.15) is 10.0 Å². The molecule has 0 fully saturated rings. The summed E-state index contributed by atoms with van der Waals surface area (Å²) in [5.74, 6) is 0.830. The number of allylic oxidation sites excluding steroid dienone is 1. The summed E-state index contributed by atoms with van der Waals surface area (Å²) in [6.07, 6.45) is 2.11. The van der Waals surface area contributed by atoms with Crippen molar-refractivity contribution >= 4 is 6.01 Å². The van der Waals surface area contributed by atoms with Gasteiger partial charge >= 0.3 is 6.01 Å². The van der Waals surface area contributed by atoms with Crippen LogP contribution in [0.25, 0.3) is 0 Å². The number of rotatable bonds is 1. The molecule has 0 bridgehead atoms. The third kappa shape index (κ3) is 1.42. The summed E-state index contributed by atoms with van der Waals surface area (Å²) in [7, 11) is 0. The predicted molar refractivity (Wildman–Crippen MR) is 52.8 cm³/mol. The van der Waals surface area contributed by atoms with E-state index in [1.54, 1.807) is 5.06 Å². The minimum absolute atomic E-state index is 0.0857. The molecule has 76 valence electrons. The van der Waals surface area contributed by atoms with Gasteiger partial charge in [0.1, 0.15) is 11.9 Å². The van der Waals surface area contributed by atoms with Gasteiger partial charge in [0, 0.05) is 5.70 Å². The van der Waals surface area contributed by atoms with Crippen molar-refractivity contribution in [1.29, 1.82) is 0 Å². The van der Waals surface area contributed by atoms with Gasteiger partial charge in [-0.05, 0) is 33.8 Å². The van der Waals surface area contributed by atoms with Gasteiger partial charge < -0.3 is 4.42 Å². The molecule has 0 aliphatic carbocycles. The van der Waals surface area contributed by atoms with Crippen LogP contribution in [0.5, 0.6) is 0 Å². The number of hydroxylamine groups is 1. The van der Waals surface area contributed by atoms with Gasteiger partial charge in [-0.25, -0.2) is 0 Å². The lowest BCUT2D eigenvalue weighted by Gasteiger charge is -2.14. The molecule has 2 heterocycles. The number of aryl methyl sites for hydroxylation is 2. The maximum atomic E-state index is 5.51. The number of hydrogen-bond donors (Lipinski definition) is 0. The Balaban J connectivity index is 2.29. The Morgan fingerprint density at radius 2 is 2.07 bits per heavy atom. The molecule has 1 aromatic rings. The molecule has 0 aromatic carbocycles. The maximum absolute atomic E-state index is 5.51. The zero-order valence-corrected chi connectivity index (χ0v) is 8.87. The highest BCUT2D eigenvalue weighted by Gasteiger charge is 2.24. The van der Waals surface area contributed by atoms with Gasteiger partial charge in [-0.1, -0.05) is 0 Å². The fourth-order valence-electron chi connectivity index (χ4n) is 1.43. The summed E-state index contributed by atoms with van der Waals surface area (Å²) in [4.78, 5) is 9.78. The highest BCUT2D eigenvalue weighted by atomic mass is 16.7. The first-order chi connectivity index (χ1) is 6.58. The molecular formula is C10H14N2O2. The molecule has 2 rings (SSSR count). The molecule has 0 N–H and O–H groups in total. The summed E-state index contributed by atoms with van der Waals surface area (Å²) in [5.41, 5.74) is 1.91. The predicted octanol–water partition coefficient (Wildman–Crippen LogP) is 2.34. The van der Waals surface area contributed by atoms with E-state index >= 15 is 0 Å². The summed E-state index contributed by atoms with van der Waals surface area (Å²) in [5, 5.41) is 1.63. The number of hydrogen-bond acceptors (Lipinski definition) is 4. The van der Waals surface area contributed by atoms with Gasteiger partial charge in [0.15, 0.2) is 0 Å². The van der Waals surface area contributed by atoms with Gasteiger partial charge in [-0.15, -0.1) is 0 Å². The van der Waals surface area contributed by atoms with Crippen molar-refractivity contribution in [3.05, 3.63) is 23.2 Å². The summed E-state index contributed by atoms with van der Waals surface area (Å²) < 4.78 is 5.47. The van der Waals surface area contributed by atoms with Crippen molar-refractivity contribution in [1.82, 2.24) is 4.98 Å². The van der Waals surface area contributed by atoms with Gasteiger partial charge in [0.25, 0.3) is 0 Å². The zero-order valence-electron chi connectivity index (χ0n) is 8.87. The van der Waals surface area contributed by atoms with Crippen molar-refractivity contribution in [2.75, 3.05) is 5.06 Å². The molecule has 0 spiro atoms. The van der Waals surface area contributed by atoms with Crippen LogP contribution in [0.15, 0.2) is 16.2 Å². The first-order valence-electron chi connectivity index (χ1n) is 4.67. The fourth-order valence-corrected chi connectivity index (χ4v) is 1.43. The minimum atomic E-state index is 0.0857. The quantitative estimate of drug-likeness (QED) is 0.687. The van der Waals surface area contributed by atoms with Crippen LogP contribution in [0.3, 0.4) is 0 Å². The monoisotopic (exact) mass is 194 g/mol. The summed E-state index contributed by atoms with van der Waals surface area (Å²) in [6.45, 7) is 7.76. The van der Waals surface area contributed by atoms with Crippen LogP contribution >= 0.6 is 0 Å². The third-order valence-electron chi connectivity index (χ3n) is 2.26. The van der Waals surface area contributed by atoms with Crippen LogP contribution in [0.2, 0.25) is 0 Å². The van der Waals surface area contributed by atoms with E-state index < -0.39 is 0 Å². The second-order valence-electron chi connectivity index (χ2n) is 3.55. The SMILES string of the molecule is CC1=CC(C)ON1c1nc(C)c(C)o1. The van der Waals surface area contributed by atoms with E-state index in [0.717, 1.165) is 17.2 Å². The largest absolute Gasteiger partial charge is 0.427 e. The lowest BCUT2D eigenvalue weighted by atomic mass is 10.3. The minimum Gasteiger partial charge on any atom is -0.427 e. The van der Waals surface area contributed by atoms with E-state index in [0.29, 0.717) is 6.01 Å². The van der Waals surface area contributed by atoms with Crippen molar-refractivity contribution < 1.29 is 9.25 Å². The second kappa shape index (κ2) is 3.13. The fraction of sp³-hybridized carbons (Fsp3) is 0.500. The number of oxazole rings is 1. The molecule has 1 atom stereocenters. The molecular weight excluding hydrogens is 180 g/mol. The molecule has 1 unspecified atom stereocenters. The van der Waals surface area contributed by atoms with Crippen molar-refractivity contribution in [2.24, 2.45) is 0 Å². The Labute approximate surface area is 83.1 Å². The number of anilines is 1. The maximum Gasteiger partial charge on any atom is 0.327 e. The van der Waals surface area contributed by atoms with E-state index in [1.807, 2.05) is 33.8 Å². The Hall–Kier alpha value is -1.29. The zero-order chi connectivity index (χ0) is 10.3. The van der Waals surface area contributed by atoms with Crippen LogP contribution in [-0.2, 0) is 4.84 Å². The third-order valence-corrected chi connectivity index (χ3v) is 2.26. The highest BCUT2D eigenvalue weighted by molar-refractivity contribution is 5.36. The van der Waals surface area contributed by atoms with Crippen LogP contribution in [0, 0.1) is 13.8 Å². The lowest BCUT2D eigenvalue weighted by molar-refractivity contribution is 0.100. The van der Waals surface area contributed by atoms with E-state index in [9.17, 15) is 0 Å². The van der Waals surface area contributed by atoms with E-state index in [-0.39, 0.29) is 6.10 Å². The number of nitrogens with zero attached hydrogens (tertiary/aromatic N) is 2. The average Bonchev–Trinajstić information content (AvgIpc) is 2.57. The average molecular weight is 194 g/mol. The standard InChI is InChI=1S/C10H14N2O2/c1-6-5-7(2)14-12(6)10-11-8(3)9(4)13-10/h5,7H,1-4H3. The molecule has 14 heavy (non-hydrogen) atoms. The van der Waals surface area contributed by atoms with E-state index in [1.165, 1.54) is 0 Å². The molecule has 1 aliphatic rings. The molecule has 0 amide bonds. The van der Waals surface area contributed by atoms with Crippen LogP contribution in [-0.4, -0.2) is 11.1 Å². The second-order valence-corrected chi connectivity index (χ2v) is 3.55. The molecule has 1 aromatic heterocycles. The topological polar surface area (TPSA) is 38.5 Å². The van der Waals surface area contributed by atoms with Crippen molar-refractivity contribution in [2.45, 2.75) is 33.8 Å². The van der Waals surface area contributed by atoms with Crippen LogP contribution < -0.4 is 5.06 Å². The molecule has 4 heteroatoms. The molecule has 0 saturated heterocycles. The summed E-state index contributed by atoms with van der Waals surface area (Å²) in [6, 6.07) is 0.512. The lowest BCUT2D eigenvalue weighted by Crippen LogP contribution is -2.18.